The van der Waals surface area contributed by atoms with Gasteiger partial charge in [-0.05, 0) is 38.5 Å². The van der Waals surface area contributed by atoms with E-state index >= 15 is 0 Å². The number of sulfonamides is 1. The number of hydrogen-bond donors (Lipinski definition) is 3. The zero-order valence-electron chi connectivity index (χ0n) is 11.8. The summed E-state index contributed by atoms with van der Waals surface area (Å²) in [6.45, 7) is 4.97. The van der Waals surface area contributed by atoms with Gasteiger partial charge in [0.05, 0.1) is 27.5 Å². The van der Waals surface area contributed by atoms with Crippen LogP contribution in [0.2, 0.25) is 0 Å². The van der Waals surface area contributed by atoms with Crippen molar-refractivity contribution in [2.75, 3.05) is 4.72 Å². The summed E-state index contributed by atoms with van der Waals surface area (Å²) < 4.78 is 27.4. The minimum atomic E-state index is -3.89. The Balaban J connectivity index is 2.49. The zero-order chi connectivity index (χ0) is 15.8. The number of benzene rings is 1. The molecule has 0 radical (unpaired) electrons. The standard InChI is InChI=1S/C13H15N3O4S/c1-7-4-5-10(13(17)18)6-11(7)21(19,20)16-12-8(2)14-15-9(12)3/h4-6,16H,1-3H3,(H,14,15)(H,17,18). The molecule has 1 aromatic carbocycles. The topological polar surface area (TPSA) is 112 Å². The molecule has 7 nitrogen and oxygen atoms in total. The van der Waals surface area contributed by atoms with Crippen LogP contribution in [0.1, 0.15) is 27.3 Å². The summed E-state index contributed by atoms with van der Waals surface area (Å²) in [5, 5.41) is 15.6. The Morgan fingerprint density at radius 1 is 1.29 bits per heavy atom. The second-order valence-corrected chi connectivity index (χ2v) is 6.35. The number of carboxylic acids is 1. The van der Waals surface area contributed by atoms with Gasteiger partial charge in [-0.15, -0.1) is 0 Å². The average Bonchev–Trinajstić information content (AvgIpc) is 2.70. The first kappa shape index (κ1) is 15.0. The average molecular weight is 309 g/mol. The summed E-state index contributed by atoms with van der Waals surface area (Å²) >= 11 is 0. The van der Waals surface area contributed by atoms with Crippen LogP contribution in [0.3, 0.4) is 0 Å². The van der Waals surface area contributed by atoms with E-state index in [1.807, 2.05) is 0 Å². The third kappa shape index (κ3) is 2.89. The Kier molecular flexibility index (Phi) is 3.73. The molecule has 0 aliphatic carbocycles. The summed E-state index contributed by atoms with van der Waals surface area (Å²) in [5.41, 5.74) is 1.86. The predicted molar refractivity (Wildman–Crippen MR) is 77.0 cm³/mol. The van der Waals surface area contributed by atoms with Gasteiger partial charge in [-0.2, -0.15) is 5.10 Å². The van der Waals surface area contributed by atoms with Crippen molar-refractivity contribution in [1.29, 1.82) is 0 Å². The number of anilines is 1. The molecule has 0 fully saturated rings. The number of hydrogen-bond acceptors (Lipinski definition) is 4. The Morgan fingerprint density at radius 2 is 1.95 bits per heavy atom. The fourth-order valence-corrected chi connectivity index (χ4v) is 3.37. The number of nitrogens with one attached hydrogen (secondary N) is 2. The van der Waals surface area contributed by atoms with Crippen molar-refractivity contribution in [2.45, 2.75) is 25.7 Å². The molecule has 0 amide bonds. The lowest BCUT2D eigenvalue weighted by Crippen LogP contribution is -2.16. The number of aryl methyl sites for hydroxylation is 3. The molecule has 1 aromatic heterocycles. The van der Waals surface area contributed by atoms with Crippen LogP contribution < -0.4 is 4.72 Å². The lowest BCUT2D eigenvalue weighted by Gasteiger charge is -2.11. The third-order valence-corrected chi connectivity index (χ3v) is 4.58. The summed E-state index contributed by atoms with van der Waals surface area (Å²) in [6.07, 6.45) is 0. The normalized spacial score (nSPS) is 11.4. The highest BCUT2D eigenvalue weighted by Gasteiger charge is 2.21. The molecule has 21 heavy (non-hydrogen) atoms. The van der Waals surface area contributed by atoms with Crippen molar-refractivity contribution < 1.29 is 18.3 Å². The van der Waals surface area contributed by atoms with E-state index in [2.05, 4.69) is 14.9 Å². The summed E-state index contributed by atoms with van der Waals surface area (Å²) in [6, 6.07) is 3.98. The zero-order valence-corrected chi connectivity index (χ0v) is 12.6. The highest BCUT2D eigenvalue weighted by Crippen LogP contribution is 2.24. The molecule has 0 spiro atoms. The lowest BCUT2D eigenvalue weighted by atomic mass is 10.1. The molecule has 0 unspecified atom stereocenters. The van der Waals surface area contributed by atoms with Crippen molar-refractivity contribution in [3.63, 3.8) is 0 Å². The van der Waals surface area contributed by atoms with Crippen LogP contribution in [-0.4, -0.2) is 29.7 Å². The minimum Gasteiger partial charge on any atom is -0.478 e. The minimum absolute atomic E-state index is 0.0672. The maximum atomic E-state index is 12.5. The van der Waals surface area contributed by atoms with Gasteiger partial charge in [0.1, 0.15) is 0 Å². The molecule has 112 valence electrons. The maximum absolute atomic E-state index is 12.5. The van der Waals surface area contributed by atoms with Crippen LogP contribution in [0.25, 0.3) is 0 Å². The molecule has 0 atom stereocenters. The predicted octanol–water partition coefficient (Wildman–Crippen LogP) is 1.83. The number of aromatic amines is 1. The van der Waals surface area contributed by atoms with Gasteiger partial charge in [0.25, 0.3) is 10.0 Å². The molecule has 0 bridgehead atoms. The quantitative estimate of drug-likeness (QED) is 0.797. The van der Waals surface area contributed by atoms with E-state index in [-0.39, 0.29) is 10.5 Å². The molecular formula is C13H15N3O4S. The number of rotatable bonds is 4. The highest BCUT2D eigenvalue weighted by molar-refractivity contribution is 7.92. The lowest BCUT2D eigenvalue weighted by molar-refractivity contribution is 0.0696. The van der Waals surface area contributed by atoms with Gasteiger partial charge in [-0.1, -0.05) is 6.07 Å². The molecule has 1 heterocycles. The van der Waals surface area contributed by atoms with Crippen molar-refractivity contribution in [1.82, 2.24) is 10.2 Å². The second-order valence-electron chi connectivity index (χ2n) is 4.70. The molecule has 3 N–H and O–H groups in total. The van der Waals surface area contributed by atoms with Gasteiger partial charge in [0.15, 0.2) is 0 Å². The van der Waals surface area contributed by atoms with Gasteiger partial charge in [0, 0.05) is 0 Å². The van der Waals surface area contributed by atoms with Gasteiger partial charge in [-0.25, -0.2) is 13.2 Å². The number of nitrogens with zero attached hydrogens (tertiary/aromatic N) is 1. The first-order valence-electron chi connectivity index (χ1n) is 6.10. The first-order chi connectivity index (χ1) is 9.72. The number of carboxylic acid groups (broad SMARTS) is 1. The van der Waals surface area contributed by atoms with Gasteiger partial charge in [0.2, 0.25) is 0 Å². The van der Waals surface area contributed by atoms with Crippen LogP contribution >= 0.6 is 0 Å². The van der Waals surface area contributed by atoms with Crippen LogP contribution in [0.15, 0.2) is 23.1 Å². The molecule has 2 aromatic rings. The Morgan fingerprint density at radius 3 is 2.48 bits per heavy atom. The van der Waals surface area contributed by atoms with Gasteiger partial charge < -0.3 is 5.11 Å². The van der Waals surface area contributed by atoms with Crippen molar-refractivity contribution >= 4 is 21.7 Å². The van der Waals surface area contributed by atoms with Crippen molar-refractivity contribution in [3.8, 4) is 0 Å². The smallest absolute Gasteiger partial charge is 0.335 e. The fraction of sp³-hybridized carbons (Fsp3) is 0.231. The number of H-pyrrole nitrogens is 1. The van der Waals surface area contributed by atoms with E-state index in [1.54, 1.807) is 20.8 Å². The van der Waals surface area contributed by atoms with Crippen molar-refractivity contribution in [2.24, 2.45) is 0 Å². The third-order valence-electron chi connectivity index (χ3n) is 3.09. The van der Waals surface area contributed by atoms with E-state index in [1.165, 1.54) is 12.1 Å². The number of aromatic carboxylic acids is 1. The number of carbonyl (C=O) groups is 1. The van der Waals surface area contributed by atoms with Crippen LogP contribution in [0, 0.1) is 20.8 Å². The molecule has 0 aliphatic heterocycles. The second kappa shape index (κ2) is 5.21. The van der Waals surface area contributed by atoms with E-state index in [0.717, 1.165) is 6.07 Å². The van der Waals surface area contributed by atoms with E-state index in [0.29, 0.717) is 22.6 Å². The van der Waals surface area contributed by atoms with E-state index in [9.17, 15) is 13.2 Å². The molecule has 0 aliphatic rings. The monoisotopic (exact) mass is 309 g/mol. The Bertz CT molecular complexity index is 789. The van der Waals surface area contributed by atoms with E-state index < -0.39 is 16.0 Å². The SMILES string of the molecule is Cc1ccc(C(=O)O)cc1S(=O)(=O)Nc1c(C)n[nH]c1C. The van der Waals surface area contributed by atoms with Gasteiger partial charge >= 0.3 is 5.97 Å². The Labute approximate surface area is 122 Å². The van der Waals surface area contributed by atoms with Crippen molar-refractivity contribution in [3.05, 3.63) is 40.7 Å². The summed E-state index contributed by atoms with van der Waals surface area (Å²) in [5.74, 6) is -1.18. The van der Waals surface area contributed by atoms with Crippen LogP contribution in [0.5, 0.6) is 0 Å². The molecule has 2 rings (SSSR count). The summed E-state index contributed by atoms with van der Waals surface area (Å²) in [4.78, 5) is 10.9. The highest BCUT2D eigenvalue weighted by atomic mass is 32.2. The molecule has 0 saturated carbocycles. The van der Waals surface area contributed by atoms with Crippen LogP contribution in [0.4, 0.5) is 5.69 Å². The van der Waals surface area contributed by atoms with Crippen LogP contribution in [-0.2, 0) is 10.0 Å². The summed E-state index contributed by atoms with van der Waals surface area (Å²) in [7, 11) is -3.89. The molecule has 8 heteroatoms. The maximum Gasteiger partial charge on any atom is 0.335 e. The fourth-order valence-electron chi connectivity index (χ4n) is 1.91. The molecular weight excluding hydrogens is 294 g/mol. The van der Waals surface area contributed by atoms with Gasteiger partial charge in [-0.3, -0.25) is 9.82 Å². The largest absolute Gasteiger partial charge is 0.478 e. The molecule has 0 saturated heterocycles. The first-order valence-corrected chi connectivity index (χ1v) is 7.59. The van der Waals surface area contributed by atoms with E-state index in [4.69, 9.17) is 5.11 Å². The Hall–Kier alpha value is -2.35. The number of aromatic nitrogens is 2.